The van der Waals surface area contributed by atoms with Crippen molar-refractivity contribution in [2.75, 3.05) is 33.3 Å². The molecule has 5 rings (SSSR count). The van der Waals surface area contributed by atoms with Crippen LogP contribution in [-0.2, 0) is 17.6 Å². The van der Waals surface area contributed by atoms with Gasteiger partial charge in [-0.2, -0.15) is 5.10 Å². The summed E-state index contributed by atoms with van der Waals surface area (Å²) in [7, 11) is 1.63. The maximum absolute atomic E-state index is 14.1. The van der Waals surface area contributed by atoms with Crippen molar-refractivity contribution in [1.29, 1.82) is 0 Å². The van der Waals surface area contributed by atoms with E-state index < -0.39 is 5.54 Å². The molecule has 2 N–H and O–H groups in total. The Morgan fingerprint density at radius 3 is 2.50 bits per heavy atom. The molecule has 2 aliphatic rings. The van der Waals surface area contributed by atoms with Crippen LogP contribution in [0.2, 0.25) is 10.0 Å². The maximum atomic E-state index is 14.1. The fraction of sp³-hybridized carbons (Fsp3) is 0.370. The predicted octanol–water partition coefficient (Wildman–Crippen LogP) is 4.74. The summed E-state index contributed by atoms with van der Waals surface area (Å²) < 4.78 is 8.04. The first-order valence-electron chi connectivity index (χ1n) is 12.3. The van der Waals surface area contributed by atoms with Crippen LogP contribution in [-0.4, -0.2) is 70.2 Å². The Bertz CT molecular complexity index is 1430. The minimum atomic E-state index is -1.04. The highest BCUT2D eigenvalue weighted by Crippen LogP contribution is 2.42. The third-order valence-electron chi connectivity index (χ3n) is 7.28. The van der Waals surface area contributed by atoms with Gasteiger partial charge in [-0.1, -0.05) is 23.2 Å². The molecule has 38 heavy (non-hydrogen) atoms. The first-order chi connectivity index (χ1) is 18.1. The minimum Gasteiger partial charge on any atom is -0.496 e. The molecule has 1 fully saturated rings. The molecular formula is C27H28BrCl2N5O3. The van der Waals surface area contributed by atoms with E-state index in [1.54, 1.807) is 53.6 Å². The van der Waals surface area contributed by atoms with Gasteiger partial charge in [-0.3, -0.25) is 9.59 Å². The van der Waals surface area contributed by atoms with Gasteiger partial charge >= 0.3 is 0 Å². The van der Waals surface area contributed by atoms with Crippen molar-refractivity contribution in [3.05, 3.63) is 61.7 Å². The van der Waals surface area contributed by atoms with Gasteiger partial charge in [-0.15, -0.1) is 0 Å². The van der Waals surface area contributed by atoms with Crippen molar-refractivity contribution in [2.45, 2.75) is 32.2 Å². The van der Waals surface area contributed by atoms with Crippen LogP contribution in [0.25, 0.3) is 16.9 Å². The van der Waals surface area contributed by atoms with Crippen molar-refractivity contribution in [2.24, 2.45) is 5.73 Å². The average molecular weight is 621 g/mol. The van der Waals surface area contributed by atoms with Gasteiger partial charge in [-0.05, 0) is 78.5 Å². The van der Waals surface area contributed by atoms with Crippen molar-refractivity contribution >= 4 is 50.9 Å². The quantitative estimate of drug-likeness (QED) is 0.445. The summed E-state index contributed by atoms with van der Waals surface area (Å²) >= 11 is 16.3. The van der Waals surface area contributed by atoms with Crippen LogP contribution in [0.3, 0.4) is 0 Å². The zero-order chi connectivity index (χ0) is 27.4. The molecule has 2 amide bonds. The Hall–Kier alpha value is -2.59. The number of fused-ring (bicyclic) bond motifs is 3. The van der Waals surface area contributed by atoms with E-state index in [0.717, 1.165) is 32.6 Å². The fourth-order valence-electron chi connectivity index (χ4n) is 5.38. The van der Waals surface area contributed by atoms with Gasteiger partial charge in [0.2, 0.25) is 5.91 Å². The number of carbonyl (C=O) groups is 2. The molecule has 0 saturated carbocycles. The average Bonchev–Trinajstić information content (AvgIpc) is 3.26. The number of amides is 2. The molecule has 2 aromatic carbocycles. The highest BCUT2D eigenvalue weighted by Gasteiger charge is 2.45. The van der Waals surface area contributed by atoms with Crippen LogP contribution < -0.4 is 10.5 Å². The van der Waals surface area contributed by atoms with E-state index in [9.17, 15) is 9.59 Å². The zero-order valence-electron chi connectivity index (χ0n) is 21.4. The Morgan fingerprint density at radius 1 is 1.13 bits per heavy atom. The Kier molecular flexibility index (Phi) is 7.24. The van der Waals surface area contributed by atoms with E-state index in [0.29, 0.717) is 60.4 Å². The van der Waals surface area contributed by atoms with Crippen LogP contribution in [0, 0.1) is 0 Å². The first-order valence-corrected chi connectivity index (χ1v) is 13.9. The minimum absolute atomic E-state index is 0.126. The highest BCUT2D eigenvalue weighted by molar-refractivity contribution is 9.10. The lowest BCUT2D eigenvalue weighted by Crippen LogP contribution is -2.65. The zero-order valence-corrected chi connectivity index (χ0v) is 24.5. The fourth-order valence-corrected chi connectivity index (χ4v) is 6.40. The Labute approximate surface area is 239 Å². The first kappa shape index (κ1) is 27.0. The predicted molar refractivity (Wildman–Crippen MR) is 151 cm³/mol. The van der Waals surface area contributed by atoms with Crippen molar-refractivity contribution in [3.8, 4) is 22.7 Å². The number of aryl methyl sites for hydroxylation is 1. The molecule has 0 spiro atoms. The van der Waals surface area contributed by atoms with E-state index >= 15 is 0 Å². The smallest absolute Gasteiger partial charge is 0.275 e. The summed E-state index contributed by atoms with van der Waals surface area (Å²) in [6.45, 7) is 5.19. The molecule has 2 heterocycles. The van der Waals surface area contributed by atoms with Crippen LogP contribution in [0.5, 0.6) is 5.75 Å². The van der Waals surface area contributed by atoms with E-state index in [2.05, 4.69) is 15.9 Å². The molecule has 1 saturated heterocycles. The number of nitrogens with zero attached hydrogens (tertiary/aromatic N) is 4. The molecule has 1 aliphatic carbocycles. The molecule has 0 unspecified atom stereocenters. The maximum Gasteiger partial charge on any atom is 0.275 e. The van der Waals surface area contributed by atoms with Crippen LogP contribution in [0.1, 0.15) is 35.5 Å². The summed E-state index contributed by atoms with van der Waals surface area (Å²) in [5.74, 6) is 0.324. The summed E-state index contributed by atoms with van der Waals surface area (Å²) in [5.41, 5.74) is 9.26. The summed E-state index contributed by atoms with van der Waals surface area (Å²) in [4.78, 5) is 30.7. The molecule has 200 valence electrons. The molecule has 1 aromatic heterocycles. The van der Waals surface area contributed by atoms with Gasteiger partial charge < -0.3 is 20.3 Å². The van der Waals surface area contributed by atoms with Gasteiger partial charge in [0.05, 0.1) is 23.0 Å². The molecule has 0 atom stereocenters. The summed E-state index contributed by atoms with van der Waals surface area (Å²) in [6.07, 6.45) is 1.31. The van der Waals surface area contributed by atoms with Gasteiger partial charge in [0, 0.05) is 47.4 Å². The van der Waals surface area contributed by atoms with Crippen molar-refractivity contribution < 1.29 is 14.3 Å². The lowest BCUT2D eigenvalue weighted by molar-refractivity contribution is -0.146. The standard InChI is InChI=1S/C27H28BrCl2N5O3/c1-27(2)26(37)33(7-6-31)8-9-34(27)25(36)23-19-5-4-15-10-22(38-3)21(28)14-20(15)24(19)35(32-23)18-12-16(29)11-17(30)13-18/h10-14H,4-9,31H2,1-3H3. The molecule has 0 radical (unpaired) electrons. The van der Waals surface area contributed by atoms with Gasteiger partial charge in [0.15, 0.2) is 5.69 Å². The second kappa shape index (κ2) is 10.2. The topological polar surface area (TPSA) is 93.7 Å². The largest absolute Gasteiger partial charge is 0.496 e. The molecule has 8 nitrogen and oxygen atoms in total. The van der Waals surface area contributed by atoms with Crippen LogP contribution in [0.4, 0.5) is 0 Å². The number of benzene rings is 2. The van der Waals surface area contributed by atoms with E-state index in [-0.39, 0.29) is 11.8 Å². The van der Waals surface area contributed by atoms with Crippen molar-refractivity contribution in [1.82, 2.24) is 19.6 Å². The molecule has 0 bridgehead atoms. The number of methoxy groups -OCH3 is 1. The number of piperazine rings is 1. The number of halogens is 3. The van der Waals surface area contributed by atoms with E-state index in [1.807, 2.05) is 12.1 Å². The molecule has 1 aliphatic heterocycles. The number of ether oxygens (including phenoxy) is 1. The number of hydrogen-bond acceptors (Lipinski definition) is 5. The van der Waals surface area contributed by atoms with Gasteiger partial charge in [-0.25, -0.2) is 4.68 Å². The number of rotatable bonds is 5. The Balaban J connectivity index is 1.67. The van der Waals surface area contributed by atoms with Gasteiger partial charge in [0.25, 0.3) is 5.91 Å². The second-order valence-electron chi connectivity index (χ2n) is 9.96. The number of nitrogens with two attached hydrogens (primary N) is 1. The molecule has 3 aromatic rings. The van der Waals surface area contributed by atoms with Crippen LogP contribution in [0.15, 0.2) is 34.8 Å². The third-order valence-corrected chi connectivity index (χ3v) is 8.33. The number of aromatic nitrogens is 2. The second-order valence-corrected chi connectivity index (χ2v) is 11.7. The monoisotopic (exact) mass is 619 g/mol. The van der Waals surface area contributed by atoms with E-state index in [4.69, 9.17) is 38.8 Å². The van der Waals surface area contributed by atoms with E-state index in [1.165, 1.54) is 0 Å². The van der Waals surface area contributed by atoms with Gasteiger partial charge in [0.1, 0.15) is 11.3 Å². The Morgan fingerprint density at radius 2 is 1.84 bits per heavy atom. The van der Waals surface area contributed by atoms with Crippen molar-refractivity contribution in [3.63, 3.8) is 0 Å². The summed E-state index contributed by atoms with van der Waals surface area (Å²) in [5, 5.41) is 5.77. The molecular weight excluding hydrogens is 593 g/mol. The van der Waals surface area contributed by atoms with Crippen LogP contribution >= 0.6 is 39.1 Å². The normalized spacial score (nSPS) is 16.3. The lowest BCUT2D eigenvalue weighted by Gasteiger charge is -2.45. The third kappa shape index (κ3) is 4.49. The lowest BCUT2D eigenvalue weighted by atomic mass is 9.88. The SMILES string of the molecule is COc1cc2c(cc1Br)-c1c(c(C(=O)N3CCN(CCN)C(=O)C3(C)C)nn1-c1cc(Cl)cc(Cl)c1)CC2. The molecule has 11 heteroatoms. The summed E-state index contributed by atoms with van der Waals surface area (Å²) in [6, 6.07) is 9.18. The number of carbonyl (C=O) groups excluding carboxylic acids is 2. The number of hydrogen-bond donors (Lipinski definition) is 1. The highest BCUT2D eigenvalue weighted by atomic mass is 79.9.